The average Bonchev–Trinajstić information content (AvgIpc) is 3.14. The van der Waals surface area contributed by atoms with E-state index in [1.807, 2.05) is 0 Å². The zero-order valence-corrected chi connectivity index (χ0v) is 29.2. The molecule has 0 amide bonds. The highest BCUT2D eigenvalue weighted by atomic mass is 19.4. The zero-order chi connectivity index (χ0) is 38.1. The first kappa shape index (κ1) is 35.4. The lowest BCUT2D eigenvalue weighted by Crippen LogP contribution is -2.24. The Morgan fingerprint density at radius 2 is 0.870 bits per heavy atom. The van der Waals surface area contributed by atoms with Crippen LogP contribution < -0.4 is 11.1 Å². The van der Waals surface area contributed by atoms with Crippen LogP contribution in [0.5, 0.6) is 0 Å². The SMILES string of the molecule is CCCCCc1nnc2c3c1cc1c(=O)n(-c4ccc(C(F)(F)F)cc4)c4nnc(CCCCC)c5cc(c(=O)n2-c2ccc(C(F)(F)F)cc2)c3c1c54. The van der Waals surface area contributed by atoms with E-state index in [9.17, 15) is 35.9 Å². The van der Waals surface area contributed by atoms with Crippen molar-refractivity contribution < 1.29 is 26.3 Å². The van der Waals surface area contributed by atoms with Crippen LogP contribution in [-0.4, -0.2) is 29.5 Å². The van der Waals surface area contributed by atoms with E-state index in [0.29, 0.717) is 56.5 Å². The number of alkyl halides is 6. The summed E-state index contributed by atoms with van der Waals surface area (Å²) in [6.07, 6.45) is -3.05. The smallest absolute Gasteiger partial charge is 0.268 e. The number of benzene rings is 4. The second kappa shape index (κ2) is 13.0. The summed E-state index contributed by atoms with van der Waals surface area (Å²) in [6, 6.07) is 11.9. The van der Waals surface area contributed by atoms with Crippen molar-refractivity contribution in [3.63, 3.8) is 0 Å². The van der Waals surface area contributed by atoms with Gasteiger partial charge in [0.25, 0.3) is 11.1 Å². The van der Waals surface area contributed by atoms with Gasteiger partial charge in [0, 0.05) is 43.1 Å². The van der Waals surface area contributed by atoms with Gasteiger partial charge in [0.1, 0.15) is 0 Å². The zero-order valence-electron chi connectivity index (χ0n) is 29.2. The monoisotopic (exact) mass is 742 g/mol. The molecule has 0 saturated heterocycles. The first-order valence-electron chi connectivity index (χ1n) is 17.8. The predicted octanol–water partition coefficient (Wildman–Crippen LogP) is 9.71. The molecule has 4 aromatic heterocycles. The molecule has 276 valence electrons. The lowest BCUT2D eigenvalue weighted by Gasteiger charge is -2.22. The quantitative estimate of drug-likeness (QED) is 0.0600. The molecule has 8 aromatic rings. The summed E-state index contributed by atoms with van der Waals surface area (Å²) in [5, 5.41) is 21.5. The Labute approximate surface area is 302 Å². The van der Waals surface area contributed by atoms with Gasteiger partial charge in [0.15, 0.2) is 11.3 Å². The van der Waals surface area contributed by atoms with E-state index >= 15 is 0 Å². The van der Waals surface area contributed by atoms with E-state index in [-0.39, 0.29) is 33.4 Å². The van der Waals surface area contributed by atoms with E-state index in [0.717, 1.165) is 62.8 Å². The summed E-state index contributed by atoms with van der Waals surface area (Å²) >= 11 is 0. The molecular weight excluding hydrogens is 710 g/mol. The fourth-order valence-electron chi connectivity index (χ4n) is 7.59. The molecule has 0 bridgehead atoms. The summed E-state index contributed by atoms with van der Waals surface area (Å²) in [6.45, 7) is 4.11. The maximum atomic E-state index is 14.7. The number of halogens is 6. The fourth-order valence-corrected chi connectivity index (χ4v) is 7.59. The van der Waals surface area contributed by atoms with Gasteiger partial charge in [0.2, 0.25) is 0 Å². The van der Waals surface area contributed by atoms with E-state index in [1.165, 1.54) is 33.4 Å². The number of unbranched alkanes of at least 4 members (excludes halogenated alkanes) is 4. The van der Waals surface area contributed by atoms with Crippen LogP contribution in [0.15, 0.2) is 70.3 Å². The first-order chi connectivity index (χ1) is 25.8. The Hall–Kier alpha value is -5.66. The Bertz CT molecular complexity index is 2610. The number of pyridine rings is 2. The van der Waals surface area contributed by atoms with Crippen LogP contribution in [0.2, 0.25) is 0 Å². The second-order valence-electron chi connectivity index (χ2n) is 13.7. The van der Waals surface area contributed by atoms with Crippen molar-refractivity contribution in [2.45, 2.75) is 77.6 Å². The number of aryl methyl sites for hydroxylation is 2. The van der Waals surface area contributed by atoms with Crippen molar-refractivity contribution in [3.8, 4) is 11.4 Å². The third kappa shape index (κ3) is 5.61. The predicted molar refractivity (Wildman–Crippen MR) is 195 cm³/mol. The molecular formula is C40H32F6N6O2. The minimum absolute atomic E-state index is 0.108. The highest BCUT2D eigenvalue weighted by Crippen LogP contribution is 2.43. The summed E-state index contributed by atoms with van der Waals surface area (Å²) in [7, 11) is 0. The summed E-state index contributed by atoms with van der Waals surface area (Å²) in [4.78, 5) is 29.5. The minimum Gasteiger partial charge on any atom is -0.268 e. The molecule has 0 spiro atoms. The van der Waals surface area contributed by atoms with Crippen LogP contribution in [0.3, 0.4) is 0 Å². The molecule has 54 heavy (non-hydrogen) atoms. The van der Waals surface area contributed by atoms with Gasteiger partial charge in [-0.2, -0.15) is 36.5 Å². The van der Waals surface area contributed by atoms with Crippen LogP contribution >= 0.6 is 0 Å². The molecule has 0 aliphatic carbocycles. The van der Waals surface area contributed by atoms with Crippen LogP contribution in [0, 0.1) is 0 Å². The van der Waals surface area contributed by atoms with Crippen molar-refractivity contribution >= 4 is 54.4 Å². The van der Waals surface area contributed by atoms with E-state index in [2.05, 4.69) is 34.2 Å². The third-order valence-corrected chi connectivity index (χ3v) is 10.2. The van der Waals surface area contributed by atoms with Gasteiger partial charge in [-0.05, 0) is 86.3 Å². The summed E-state index contributed by atoms with van der Waals surface area (Å²) < 4.78 is 83.9. The first-order valence-corrected chi connectivity index (χ1v) is 17.8. The molecule has 0 fully saturated rings. The Morgan fingerprint density at radius 3 is 1.20 bits per heavy atom. The van der Waals surface area contributed by atoms with Crippen LogP contribution in [0.25, 0.3) is 65.8 Å². The average molecular weight is 743 g/mol. The Morgan fingerprint density at radius 1 is 0.500 bits per heavy atom. The fraction of sp³-hybridized carbons (Fsp3) is 0.300. The van der Waals surface area contributed by atoms with E-state index in [1.54, 1.807) is 12.1 Å². The van der Waals surface area contributed by atoms with Crippen LogP contribution in [-0.2, 0) is 25.2 Å². The molecule has 0 atom stereocenters. The molecule has 0 N–H and O–H groups in total. The summed E-state index contributed by atoms with van der Waals surface area (Å²) in [5.41, 5.74) is -1.25. The maximum absolute atomic E-state index is 14.7. The molecule has 0 aliphatic rings. The molecule has 4 heterocycles. The van der Waals surface area contributed by atoms with Crippen molar-refractivity contribution in [2.24, 2.45) is 0 Å². The lowest BCUT2D eigenvalue weighted by molar-refractivity contribution is -0.138. The molecule has 0 radical (unpaired) electrons. The van der Waals surface area contributed by atoms with Crippen LogP contribution in [0.1, 0.15) is 74.9 Å². The molecule has 14 heteroatoms. The Kier molecular flexibility index (Phi) is 8.53. The topological polar surface area (TPSA) is 95.6 Å². The molecule has 8 rings (SSSR count). The van der Waals surface area contributed by atoms with Crippen molar-refractivity contribution in [1.82, 2.24) is 29.5 Å². The van der Waals surface area contributed by atoms with Gasteiger partial charge in [0.05, 0.1) is 33.9 Å². The van der Waals surface area contributed by atoms with Gasteiger partial charge in [-0.3, -0.25) is 18.7 Å². The summed E-state index contributed by atoms with van der Waals surface area (Å²) in [5.74, 6) is 0. The molecule has 4 aromatic carbocycles. The van der Waals surface area contributed by atoms with Gasteiger partial charge in [-0.1, -0.05) is 39.5 Å². The molecule has 0 saturated carbocycles. The third-order valence-electron chi connectivity index (χ3n) is 10.2. The highest BCUT2D eigenvalue weighted by Gasteiger charge is 2.32. The number of aromatic nitrogens is 6. The number of nitrogens with zero attached hydrogens (tertiary/aromatic N) is 6. The normalized spacial score (nSPS) is 12.8. The lowest BCUT2D eigenvalue weighted by atomic mass is 9.89. The van der Waals surface area contributed by atoms with Gasteiger partial charge in [-0.25, -0.2) is 0 Å². The van der Waals surface area contributed by atoms with Crippen molar-refractivity contribution in [1.29, 1.82) is 0 Å². The van der Waals surface area contributed by atoms with Gasteiger partial charge < -0.3 is 0 Å². The van der Waals surface area contributed by atoms with Crippen LogP contribution in [0.4, 0.5) is 26.3 Å². The van der Waals surface area contributed by atoms with Gasteiger partial charge in [-0.15, -0.1) is 10.2 Å². The largest absolute Gasteiger partial charge is 0.416 e. The van der Waals surface area contributed by atoms with Crippen molar-refractivity contribution in [3.05, 3.63) is 104 Å². The minimum atomic E-state index is -4.59. The highest BCUT2D eigenvalue weighted by molar-refractivity contribution is 6.35. The standard InChI is InChI=1S/C40H32F6N6O2/c1-3-5-7-9-29-25-19-27-32-31-28(38(54)51(35(33(25)31)49-47-29)23-15-11-21(12-16-23)39(41,42)43)20-26-30(10-8-6-4-2)48-50-36(34(26)32)52(37(27)53)24-17-13-22(14-18-24)40(44,45)46/h11-20H,3-10H2,1-2H3. The van der Waals surface area contributed by atoms with E-state index < -0.39 is 34.6 Å². The molecule has 0 unspecified atom stereocenters. The molecule has 0 aliphatic heterocycles. The maximum Gasteiger partial charge on any atom is 0.416 e. The van der Waals surface area contributed by atoms with Crippen molar-refractivity contribution in [2.75, 3.05) is 0 Å². The number of rotatable bonds is 10. The second-order valence-corrected chi connectivity index (χ2v) is 13.7. The van der Waals surface area contributed by atoms with Gasteiger partial charge >= 0.3 is 12.4 Å². The molecule has 8 nitrogen and oxygen atoms in total. The number of hydrogen-bond acceptors (Lipinski definition) is 6. The van der Waals surface area contributed by atoms with E-state index in [4.69, 9.17) is 0 Å². The Balaban J connectivity index is 1.54. The number of hydrogen-bond donors (Lipinski definition) is 0.